The second-order valence-corrected chi connectivity index (χ2v) is 6.38. The third kappa shape index (κ3) is 4.89. The van der Waals surface area contributed by atoms with Crippen LogP contribution in [0.3, 0.4) is 0 Å². The zero-order valence-corrected chi connectivity index (χ0v) is 15.2. The Labute approximate surface area is 152 Å². The molecule has 1 aliphatic rings. The summed E-state index contributed by atoms with van der Waals surface area (Å²) in [6, 6.07) is 2.89. The molecule has 0 saturated carbocycles. The molecule has 0 bridgehead atoms. The van der Waals surface area contributed by atoms with Gasteiger partial charge in [-0.1, -0.05) is 13.3 Å². The van der Waals surface area contributed by atoms with Gasteiger partial charge in [-0.15, -0.1) is 12.4 Å². The van der Waals surface area contributed by atoms with E-state index in [-0.39, 0.29) is 23.9 Å². The second-order valence-electron chi connectivity index (χ2n) is 6.38. The summed E-state index contributed by atoms with van der Waals surface area (Å²) in [5.74, 6) is -2.23. The minimum absolute atomic E-state index is 0. The Kier molecular flexibility index (Phi) is 7.31. The van der Waals surface area contributed by atoms with Crippen molar-refractivity contribution in [2.75, 3.05) is 26.2 Å². The summed E-state index contributed by atoms with van der Waals surface area (Å²) in [7, 11) is 0. The molecular formula is C17H24ClF2N3O2. The van der Waals surface area contributed by atoms with Crippen LogP contribution in [0.4, 0.5) is 8.78 Å². The van der Waals surface area contributed by atoms with Crippen LogP contribution >= 0.6 is 12.4 Å². The highest BCUT2D eigenvalue weighted by molar-refractivity contribution is 5.94. The summed E-state index contributed by atoms with van der Waals surface area (Å²) >= 11 is 0. The molecule has 8 heteroatoms. The van der Waals surface area contributed by atoms with Crippen LogP contribution < -0.4 is 5.73 Å². The van der Waals surface area contributed by atoms with Crippen LogP contribution in [0.15, 0.2) is 18.2 Å². The first-order valence-corrected chi connectivity index (χ1v) is 8.09. The molecule has 140 valence electrons. The molecule has 0 aromatic heterocycles. The number of carbonyl (C=O) groups excluding carboxylic acids is 2. The van der Waals surface area contributed by atoms with Gasteiger partial charge in [0.15, 0.2) is 0 Å². The molecule has 1 aromatic rings. The van der Waals surface area contributed by atoms with Gasteiger partial charge in [0.1, 0.15) is 11.6 Å². The van der Waals surface area contributed by atoms with E-state index in [2.05, 4.69) is 0 Å². The average Bonchev–Trinajstić information content (AvgIpc) is 2.53. The van der Waals surface area contributed by atoms with Crippen LogP contribution in [-0.2, 0) is 4.79 Å². The van der Waals surface area contributed by atoms with Gasteiger partial charge < -0.3 is 15.5 Å². The quantitative estimate of drug-likeness (QED) is 0.877. The van der Waals surface area contributed by atoms with Crippen molar-refractivity contribution in [3.8, 4) is 0 Å². The number of amides is 2. The van der Waals surface area contributed by atoms with Gasteiger partial charge in [0.25, 0.3) is 5.91 Å². The molecule has 0 radical (unpaired) electrons. The summed E-state index contributed by atoms with van der Waals surface area (Å²) in [5.41, 5.74) is 4.99. The lowest BCUT2D eigenvalue weighted by molar-refractivity contribution is -0.138. The van der Waals surface area contributed by atoms with E-state index in [0.29, 0.717) is 38.7 Å². The maximum atomic E-state index is 13.7. The number of benzene rings is 1. The molecule has 1 atom stereocenters. The lowest BCUT2D eigenvalue weighted by atomic mass is 9.95. The zero-order valence-electron chi connectivity index (χ0n) is 14.4. The van der Waals surface area contributed by atoms with Gasteiger partial charge in [-0.05, 0) is 25.5 Å². The second kappa shape index (κ2) is 8.58. The third-order valence-corrected chi connectivity index (χ3v) is 4.27. The number of nitrogens with two attached hydrogens (primary N) is 1. The lowest BCUT2D eigenvalue weighted by Gasteiger charge is -2.38. The first-order valence-electron chi connectivity index (χ1n) is 8.09. The summed E-state index contributed by atoms with van der Waals surface area (Å²) in [6.45, 7) is 4.97. The van der Waals surface area contributed by atoms with Crippen LogP contribution in [0.2, 0.25) is 0 Å². The van der Waals surface area contributed by atoms with Crippen molar-refractivity contribution >= 4 is 24.2 Å². The Hall–Kier alpha value is -1.73. The molecule has 1 heterocycles. The van der Waals surface area contributed by atoms with Crippen molar-refractivity contribution in [2.24, 2.45) is 5.73 Å². The minimum atomic E-state index is -0.913. The monoisotopic (exact) mass is 375 g/mol. The maximum absolute atomic E-state index is 13.7. The van der Waals surface area contributed by atoms with E-state index in [1.165, 1.54) is 4.90 Å². The number of carbonyl (C=O) groups is 2. The summed E-state index contributed by atoms with van der Waals surface area (Å²) < 4.78 is 26.7. The number of halogens is 3. The average molecular weight is 376 g/mol. The van der Waals surface area contributed by atoms with Crippen molar-refractivity contribution in [3.63, 3.8) is 0 Å². The van der Waals surface area contributed by atoms with Gasteiger partial charge in [0.2, 0.25) is 5.91 Å². The van der Waals surface area contributed by atoms with Gasteiger partial charge in [-0.3, -0.25) is 9.59 Å². The topological polar surface area (TPSA) is 66.6 Å². The smallest absolute Gasteiger partial charge is 0.256 e. The van der Waals surface area contributed by atoms with Crippen molar-refractivity contribution in [2.45, 2.75) is 32.2 Å². The Balaban J connectivity index is 0.00000312. The number of hydrogen-bond acceptors (Lipinski definition) is 3. The maximum Gasteiger partial charge on any atom is 0.256 e. The minimum Gasteiger partial charge on any atom is -0.338 e. The highest BCUT2D eigenvalue weighted by Gasteiger charge is 2.34. The fourth-order valence-corrected chi connectivity index (χ4v) is 2.93. The SMILES string of the molecule is CCCC(C)(N)C(=O)N1CCN(C(=O)c2ccc(F)cc2F)CC1.Cl. The van der Waals surface area contributed by atoms with E-state index in [1.807, 2.05) is 6.92 Å². The van der Waals surface area contributed by atoms with E-state index in [0.717, 1.165) is 18.6 Å². The van der Waals surface area contributed by atoms with Gasteiger partial charge in [-0.25, -0.2) is 8.78 Å². The molecule has 1 fully saturated rings. The molecule has 5 nitrogen and oxygen atoms in total. The van der Waals surface area contributed by atoms with Crippen LogP contribution in [0.25, 0.3) is 0 Å². The van der Waals surface area contributed by atoms with Crippen molar-refractivity contribution in [1.82, 2.24) is 9.80 Å². The normalized spacial score (nSPS) is 16.8. The molecule has 1 aliphatic heterocycles. The molecule has 2 rings (SSSR count). The molecule has 1 saturated heterocycles. The van der Waals surface area contributed by atoms with Gasteiger partial charge in [0, 0.05) is 32.2 Å². The third-order valence-electron chi connectivity index (χ3n) is 4.27. The molecule has 0 spiro atoms. The number of piperazine rings is 1. The van der Waals surface area contributed by atoms with Gasteiger partial charge in [0.05, 0.1) is 11.1 Å². The Morgan fingerprint density at radius 1 is 1.16 bits per heavy atom. The predicted octanol–water partition coefficient (Wildman–Crippen LogP) is 2.19. The molecule has 0 aliphatic carbocycles. The largest absolute Gasteiger partial charge is 0.338 e. The summed E-state index contributed by atoms with van der Waals surface area (Å²) in [4.78, 5) is 27.9. The van der Waals surface area contributed by atoms with Crippen molar-refractivity contribution in [3.05, 3.63) is 35.4 Å². The Morgan fingerprint density at radius 3 is 2.24 bits per heavy atom. The van der Waals surface area contributed by atoms with Crippen molar-refractivity contribution in [1.29, 1.82) is 0 Å². The van der Waals surface area contributed by atoms with Crippen LogP contribution in [0, 0.1) is 11.6 Å². The first kappa shape index (κ1) is 21.3. The Bertz CT molecular complexity index is 632. The summed E-state index contributed by atoms with van der Waals surface area (Å²) in [6.07, 6.45) is 1.40. The fraction of sp³-hybridized carbons (Fsp3) is 0.529. The fourth-order valence-electron chi connectivity index (χ4n) is 2.93. The highest BCUT2D eigenvalue weighted by atomic mass is 35.5. The molecule has 1 aromatic carbocycles. The number of rotatable bonds is 4. The molecule has 25 heavy (non-hydrogen) atoms. The van der Waals surface area contributed by atoms with E-state index >= 15 is 0 Å². The van der Waals surface area contributed by atoms with Gasteiger partial charge in [-0.2, -0.15) is 0 Å². The van der Waals surface area contributed by atoms with E-state index in [1.54, 1.807) is 11.8 Å². The summed E-state index contributed by atoms with van der Waals surface area (Å²) in [5, 5.41) is 0. The molecule has 2 N–H and O–H groups in total. The Morgan fingerprint density at radius 2 is 1.72 bits per heavy atom. The van der Waals surface area contributed by atoms with E-state index in [9.17, 15) is 18.4 Å². The highest BCUT2D eigenvalue weighted by Crippen LogP contribution is 2.17. The predicted molar refractivity (Wildman–Crippen MR) is 93.6 cm³/mol. The lowest BCUT2D eigenvalue weighted by Crippen LogP contribution is -2.58. The number of nitrogens with zero attached hydrogens (tertiary/aromatic N) is 2. The van der Waals surface area contributed by atoms with Crippen LogP contribution in [0.1, 0.15) is 37.0 Å². The zero-order chi connectivity index (χ0) is 17.9. The van der Waals surface area contributed by atoms with E-state index in [4.69, 9.17) is 5.73 Å². The standard InChI is InChI=1S/C17H23F2N3O2.ClH/c1-3-6-17(2,20)16(24)22-9-7-21(8-10-22)15(23)13-5-4-12(18)11-14(13)19;/h4-5,11H,3,6-10,20H2,1-2H3;1H. The van der Waals surface area contributed by atoms with Gasteiger partial charge >= 0.3 is 0 Å². The first-order chi connectivity index (χ1) is 11.3. The van der Waals surface area contributed by atoms with Crippen LogP contribution in [-0.4, -0.2) is 53.3 Å². The number of hydrogen-bond donors (Lipinski definition) is 1. The van der Waals surface area contributed by atoms with E-state index < -0.39 is 23.1 Å². The molecule has 2 amide bonds. The molecular weight excluding hydrogens is 352 g/mol. The van der Waals surface area contributed by atoms with Crippen LogP contribution in [0.5, 0.6) is 0 Å². The molecule has 1 unspecified atom stereocenters. The van der Waals surface area contributed by atoms with Crippen molar-refractivity contribution < 1.29 is 18.4 Å².